The molecule has 4 rings (SSSR count). The summed E-state index contributed by atoms with van der Waals surface area (Å²) in [5.41, 5.74) is 3.10. The number of anilines is 1. The summed E-state index contributed by atoms with van der Waals surface area (Å²) in [6.45, 7) is 2.53. The van der Waals surface area contributed by atoms with Gasteiger partial charge in [-0.2, -0.15) is 0 Å². The van der Waals surface area contributed by atoms with E-state index >= 15 is 0 Å². The molecule has 3 heterocycles. The van der Waals surface area contributed by atoms with Crippen LogP contribution in [0.3, 0.4) is 0 Å². The van der Waals surface area contributed by atoms with Crippen LogP contribution in [0.4, 0.5) is 10.5 Å². The van der Waals surface area contributed by atoms with E-state index in [0.717, 1.165) is 36.4 Å². The van der Waals surface area contributed by atoms with Crippen LogP contribution in [-0.2, 0) is 17.8 Å². The molecule has 2 bridgehead atoms. The molecule has 5 nitrogen and oxygen atoms in total. The first-order valence-corrected chi connectivity index (χ1v) is 7.17. The number of rotatable bonds is 1. The summed E-state index contributed by atoms with van der Waals surface area (Å²) < 4.78 is 5.61. The Morgan fingerprint density at radius 1 is 1.35 bits per heavy atom. The first kappa shape index (κ1) is 12.3. The Hall–Kier alpha value is -1.46. The molecule has 0 radical (unpaired) electrons. The minimum atomic E-state index is -0.882. The van der Waals surface area contributed by atoms with Crippen LogP contribution in [0, 0.1) is 0 Å². The van der Waals surface area contributed by atoms with Crippen molar-refractivity contribution in [2.24, 2.45) is 0 Å². The van der Waals surface area contributed by atoms with Gasteiger partial charge in [0, 0.05) is 19.6 Å². The van der Waals surface area contributed by atoms with Gasteiger partial charge in [0.05, 0.1) is 29.5 Å². The number of ether oxygens (including phenoxy) is 1. The molecule has 2 atom stereocenters. The maximum atomic E-state index is 11.1. The van der Waals surface area contributed by atoms with Gasteiger partial charge in [-0.25, -0.2) is 4.79 Å². The summed E-state index contributed by atoms with van der Waals surface area (Å²) in [4.78, 5) is 14.8. The van der Waals surface area contributed by atoms with Crippen molar-refractivity contribution in [3.8, 4) is 0 Å². The number of carboxylic acid groups (broad SMARTS) is 1. The van der Waals surface area contributed by atoms with Gasteiger partial charge in [0.15, 0.2) is 0 Å². The molecule has 3 aliphatic heterocycles. The SMILES string of the molecule is O=C(O)N1Cc2cc(Cl)c(N3C[C@@H]4C[C@H]3CO4)cc2C1. The van der Waals surface area contributed by atoms with Crippen LogP contribution in [0.1, 0.15) is 17.5 Å². The molecule has 0 unspecified atom stereocenters. The molecule has 2 saturated heterocycles. The number of benzene rings is 1. The zero-order valence-corrected chi connectivity index (χ0v) is 11.6. The van der Waals surface area contributed by atoms with Crippen molar-refractivity contribution in [1.29, 1.82) is 0 Å². The number of hydrogen-bond acceptors (Lipinski definition) is 3. The molecular formula is C14H15ClN2O3. The highest BCUT2D eigenvalue weighted by atomic mass is 35.5. The molecule has 0 aromatic heterocycles. The molecule has 1 aromatic carbocycles. The van der Waals surface area contributed by atoms with E-state index in [1.165, 1.54) is 4.90 Å². The Morgan fingerprint density at radius 2 is 2.10 bits per heavy atom. The van der Waals surface area contributed by atoms with E-state index in [2.05, 4.69) is 11.0 Å². The Bertz CT molecular complexity index is 592. The maximum absolute atomic E-state index is 11.1. The van der Waals surface area contributed by atoms with Crippen LogP contribution in [-0.4, -0.2) is 41.4 Å². The second kappa shape index (κ2) is 4.27. The predicted octanol–water partition coefficient (Wildman–Crippen LogP) is 2.31. The average molecular weight is 295 g/mol. The van der Waals surface area contributed by atoms with Gasteiger partial charge in [-0.3, -0.25) is 4.90 Å². The summed E-state index contributed by atoms with van der Waals surface area (Å²) in [7, 11) is 0. The van der Waals surface area contributed by atoms with E-state index < -0.39 is 6.09 Å². The third-order valence-corrected chi connectivity index (χ3v) is 4.77. The number of carbonyl (C=O) groups is 1. The van der Waals surface area contributed by atoms with Crippen molar-refractivity contribution >= 4 is 23.4 Å². The first-order valence-electron chi connectivity index (χ1n) is 6.79. The van der Waals surface area contributed by atoms with Crippen molar-refractivity contribution in [3.05, 3.63) is 28.3 Å². The van der Waals surface area contributed by atoms with E-state index in [1.54, 1.807) is 0 Å². The second-order valence-electron chi connectivity index (χ2n) is 5.71. The third-order valence-electron chi connectivity index (χ3n) is 4.47. The number of nitrogens with zero attached hydrogens (tertiary/aromatic N) is 2. The normalized spacial score (nSPS) is 27.2. The lowest BCUT2D eigenvalue weighted by Gasteiger charge is -2.30. The van der Waals surface area contributed by atoms with Crippen molar-refractivity contribution in [3.63, 3.8) is 0 Å². The van der Waals surface area contributed by atoms with E-state index in [1.807, 2.05) is 6.07 Å². The lowest BCUT2D eigenvalue weighted by molar-refractivity contribution is 0.0991. The third kappa shape index (κ3) is 1.77. The lowest BCUT2D eigenvalue weighted by atomic mass is 10.1. The molecule has 20 heavy (non-hydrogen) atoms. The zero-order chi connectivity index (χ0) is 13.9. The van der Waals surface area contributed by atoms with E-state index in [4.69, 9.17) is 21.4 Å². The van der Waals surface area contributed by atoms with Crippen molar-refractivity contribution in [2.75, 3.05) is 18.1 Å². The number of halogens is 1. The van der Waals surface area contributed by atoms with E-state index in [0.29, 0.717) is 30.3 Å². The van der Waals surface area contributed by atoms with Gasteiger partial charge in [-0.1, -0.05) is 11.6 Å². The van der Waals surface area contributed by atoms with Crippen LogP contribution >= 0.6 is 11.6 Å². The van der Waals surface area contributed by atoms with Gasteiger partial charge >= 0.3 is 6.09 Å². The van der Waals surface area contributed by atoms with Gasteiger partial charge in [0.25, 0.3) is 0 Å². The van der Waals surface area contributed by atoms with Crippen LogP contribution in [0.15, 0.2) is 12.1 Å². The largest absolute Gasteiger partial charge is 0.465 e. The number of hydrogen-bond donors (Lipinski definition) is 1. The molecule has 6 heteroatoms. The Balaban J connectivity index is 1.66. The number of fused-ring (bicyclic) bond motifs is 3. The van der Waals surface area contributed by atoms with Crippen LogP contribution in [0.25, 0.3) is 0 Å². The van der Waals surface area contributed by atoms with Crippen molar-refractivity contribution in [1.82, 2.24) is 4.90 Å². The standard InChI is InChI=1S/C14H15ClN2O3/c15-12-1-8-4-16(14(18)19)5-9(8)2-13(12)17-6-11-3-10(17)7-20-11/h1-2,10-11H,3-7H2,(H,18,19)/t10-,11-/m0/s1. The molecule has 0 aliphatic carbocycles. The predicted molar refractivity (Wildman–Crippen MR) is 74.2 cm³/mol. The van der Waals surface area contributed by atoms with Gasteiger partial charge in [0.1, 0.15) is 0 Å². The molecule has 0 saturated carbocycles. The van der Waals surface area contributed by atoms with Gasteiger partial charge in [0.2, 0.25) is 0 Å². The highest BCUT2D eigenvalue weighted by Gasteiger charge is 2.40. The molecule has 106 valence electrons. The lowest BCUT2D eigenvalue weighted by Crippen LogP contribution is -2.37. The minimum Gasteiger partial charge on any atom is -0.465 e. The quantitative estimate of drug-likeness (QED) is 0.863. The molecule has 0 spiro atoms. The fraction of sp³-hybridized carbons (Fsp3) is 0.500. The second-order valence-corrected chi connectivity index (χ2v) is 6.12. The van der Waals surface area contributed by atoms with Crippen molar-refractivity contribution in [2.45, 2.75) is 31.7 Å². The molecule has 3 aliphatic rings. The highest BCUT2D eigenvalue weighted by molar-refractivity contribution is 6.33. The Morgan fingerprint density at radius 3 is 2.70 bits per heavy atom. The van der Waals surface area contributed by atoms with E-state index in [9.17, 15) is 4.79 Å². The molecule has 1 aromatic rings. The highest BCUT2D eigenvalue weighted by Crippen LogP contribution is 2.39. The fourth-order valence-electron chi connectivity index (χ4n) is 3.46. The zero-order valence-electron chi connectivity index (χ0n) is 10.9. The molecular weight excluding hydrogens is 280 g/mol. The summed E-state index contributed by atoms with van der Waals surface area (Å²) >= 11 is 6.40. The summed E-state index contributed by atoms with van der Waals surface area (Å²) in [5, 5.41) is 9.80. The van der Waals surface area contributed by atoms with Crippen molar-refractivity contribution < 1.29 is 14.6 Å². The Labute approximate surface area is 121 Å². The van der Waals surface area contributed by atoms with Crippen LogP contribution in [0.5, 0.6) is 0 Å². The summed E-state index contributed by atoms with van der Waals surface area (Å²) in [5.74, 6) is 0. The minimum absolute atomic E-state index is 0.319. The smallest absolute Gasteiger partial charge is 0.407 e. The van der Waals surface area contributed by atoms with E-state index in [-0.39, 0.29) is 0 Å². The number of amides is 1. The maximum Gasteiger partial charge on any atom is 0.407 e. The van der Waals surface area contributed by atoms with Gasteiger partial charge < -0.3 is 14.7 Å². The topological polar surface area (TPSA) is 53.0 Å². The van der Waals surface area contributed by atoms with Crippen LogP contribution < -0.4 is 4.90 Å². The summed E-state index contributed by atoms with van der Waals surface area (Å²) in [6.07, 6.45) is 0.502. The molecule has 1 N–H and O–H groups in total. The van der Waals surface area contributed by atoms with Gasteiger partial charge in [-0.15, -0.1) is 0 Å². The van der Waals surface area contributed by atoms with Crippen LogP contribution in [0.2, 0.25) is 5.02 Å². The fourth-order valence-corrected chi connectivity index (χ4v) is 3.75. The monoisotopic (exact) mass is 294 g/mol. The number of morpholine rings is 1. The first-order chi connectivity index (χ1) is 9.61. The molecule has 1 amide bonds. The molecule has 2 fully saturated rings. The average Bonchev–Trinajstić information content (AvgIpc) is 3.11. The Kier molecular flexibility index (Phi) is 2.62. The summed E-state index contributed by atoms with van der Waals surface area (Å²) in [6, 6.07) is 4.39. The van der Waals surface area contributed by atoms with Gasteiger partial charge in [-0.05, 0) is 29.7 Å².